The largest absolute Gasteiger partial charge is 0.409 e. The van der Waals surface area contributed by atoms with Gasteiger partial charge in [-0.1, -0.05) is 11.2 Å². The maximum atomic E-state index is 13.8. The number of rotatable bonds is 6. The number of benzene rings is 1. The first-order valence-corrected chi connectivity index (χ1v) is 5.66. The predicted molar refractivity (Wildman–Crippen MR) is 68.7 cm³/mol. The molecule has 1 rings (SSSR count). The van der Waals surface area contributed by atoms with Crippen molar-refractivity contribution in [1.82, 2.24) is 0 Å². The third kappa shape index (κ3) is 3.10. The van der Waals surface area contributed by atoms with Crippen molar-refractivity contribution >= 4 is 11.5 Å². The van der Waals surface area contributed by atoms with Crippen molar-refractivity contribution in [2.45, 2.75) is 6.92 Å². The molecule has 0 fully saturated rings. The van der Waals surface area contributed by atoms with E-state index in [0.29, 0.717) is 25.4 Å². The monoisotopic (exact) mass is 255 g/mol. The number of amidine groups is 1. The lowest BCUT2D eigenvalue weighted by Gasteiger charge is -2.25. The molecule has 0 aromatic heterocycles. The Morgan fingerprint density at radius 2 is 2.28 bits per heavy atom. The van der Waals surface area contributed by atoms with Crippen molar-refractivity contribution < 1.29 is 14.3 Å². The van der Waals surface area contributed by atoms with Crippen LogP contribution in [0.15, 0.2) is 23.4 Å². The molecule has 0 bridgehead atoms. The van der Waals surface area contributed by atoms with Gasteiger partial charge in [0, 0.05) is 20.2 Å². The first kappa shape index (κ1) is 14.2. The molecule has 0 saturated heterocycles. The fraction of sp³-hybridized carbons (Fsp3) is 0.417. The molecule has 0 radical (unpaired) electrons. The number of methoxy groups -OCH3 is 1. The van der Waals surface area contributed by atoms with E-state index in [4.69, 9.17) is 15.7 Å². The normalized spacial score (nSPS) is 11.6. The highest BCUT2D eigenvalue weighted by atomic mass is 19.1. The van der Waals surface area contributed by atoms with Gasteiger partial charge >= 0.3 is 0 Å². The third-order valence-electron chi connectivity index (χ3n) is 2.64. The summed E-state index contributed by atoms with van der Waals surface area (Å²) in [7, 11) is 1.60. The summed E-state index contributed by atoms with van der Waals surface area (Å²) in [6, 6.07) is 4.60. The van der Waals surface area contributed by atoms with Gasteiger partial charge in [0.1, 0.15) is 5.82 Å². The van der Waals surface area contributed by atoms with Crippen LogP contribution in [0.3, 0.4) is 0 Å². The molecule has 6 heteroatoms. The van der Waals surface area contributed by atoms with Crippen LogP contribution in [-0.4, -0.2) is 37.8 Å². The van der Waals surface area contributed by atoms with Crippen molar-refractivity contribution in [3.05, 3.63) is 29.6 Å². The van der Waals surface area contributed by atoms with Crippen molar-refractivity contribution in [2.75, 3.05) is 31.7 Å². The van der Waals surface area contributed by atoms with E-state index < -0.39 is 5.82 Å². The highest BCUT2D eigenvalue weighted by Gasteiger charge is 2.16. The molecule has 0 amide bonds. The summed E-state index contributed by atoms with van der Waals surface area (Å²) in [6.45, 7) is 3.72. The summed E-state index contributed by atoms with van der Waals surface area (Å²) in [5, 5.41) is 11.6. The zero-order chi connectivity index (χ0) is 13.5. The zero-order valence-electron chi connectivity index (χ0n) is 10.6. The van der Waals surface area contributed by atoms with Gasteiger partial charge in [0.25, 0.3) is 0 Å². The molecule has 0 aliphatic rings. The minimum Gasteiger partial charge on any atom is -0.409 e. The number of halogens is 1. The molecule has 3 N–H and O–H groups in total. The Bertz CT molecular complexity index is 424. The van der Waals surface area contributed by atoms with E-state index >= 15 is 0 Å². The van der Waals surface area contributed by atoms with Gasteiger partial charge in [-0.05, 0) is 19.1 Å². The molecule has 0 saturated carbocycles. The number of nitrogens with zero attached hydrogens (tertiary/aromatic N) is 2. The number of hydrogen-bond acceptors (Lipinski definition) is 4. The molecule has 0 aliphatic heterocycles. The molecule has 0 heterocycles. The Balaban J connectivity index is 3.17. The van der Waals surface area contributed by atoms with E-state index in [-0.39, 0.29) is 11.4 Å². The van der Waals surface area contributed by atoms with Crippen LogP contribution in [0, 0.1) is 5.82 Å². The van der Waals surface area contributed by atoms with Gasteiger partial charge in [0.15, 0.2) is 5.84 Å². The predicted octanol–water partition coefficient (Wildman–Crippen LogP) is 1.39. The molecule has 100 valence electrons. The Morgan fingerprint density at radius 1 is 1.56 bits per heavy atom. The summed E-state index contributed by atoms with van der Waals surface area (Å²) in [5.74, 6) is -0.752. The SMILES string of the molecule is CCN(CCOC)c1cccc(F)c1C(N)=NO. The second kappa shape index (κ2) is 6.80. The molecule has 0 spiro atoms. The van der Waals surface area contributed by atoms with E-state index in [9.17, 15) is 4.39 Å². The molecule has 0 atom stereocenters. The van der Waals surface area contributed by atoms with Crippen LogP contribution in [0.1, 0.15) is 12.5 Å². The number of anilines is 1. The van der Waals surface area contributed by atoms with Gasteiger partial charge in [0.05, 0.1) is 17.9 Å². The lowest BCUT2D eigenvalue weighted by atomic mass is 10.1. The first-order chi connectivity index (χ1) is 8.65. The van der Waals surface area contributed by atoms with Gasteiger partial charge in [-0.2, -0.15) is 0 Å². The molecule has 0 aliphatic carbocycles. The Morgan fingerprint density at radius 3 is 2.83 bits per heavy atom. The van der Waals surface area contributed by atoms with Crippen LogP contribution >= 0.6 is 0 Å². The van der Waals surface area contributed by atoms with Crippen molar-refractivity contribution in [2.24, 2.45) is 10.9 Å². The van der Waals surface area contributed by atoms with E-state index in [1.807, 2.05) is 11.8 Å². The highest BCUT2D eigenvalue weighted by molar-refractivity contribution is 6.02. The summed E-state index contributed by atoms with van der Waals surface area (Å²) in [6.07, 6.45) is 0. The Kier molecular flexibility index (Phi) is 5.38. The molecule has 18 heavy (non-hydrogen) atoms. The van der Waals surface area contributed by atoms with Gasteiger partial charge in [-0.15, -0.1) is 0 Å². The molecular weight excluding hydrogens is 237 g/mol. The number of likely N-dealkylation sites (N-methyl/N-ethyl adjacent to an activating group) is 1. The molecule has 1 aromatic carbocycles. The van der Waals surface area contributed by atoms with E-state index in [1.54, 1.807) is 19.2 Å². The van der Waals surface area contributed by atoms with Gasteiger partial charge in [-0.3, -0.25) is 0 Å². The maximum Gasteiger partial charge on any atom is 0.175 e. The molecule has 1 aromatic rings. The second-order valence-electron chi connectivity index (χ2n) is 3.69. The molecule has 5 nitrogen and oxygen atoms in total. The van der Waals surface area contributed by atoms with Crippen LogP contribution in [-0.2, 0) is 4.74 Å². The number of hydrogen-bond donors (Lipinski definition) is 2. The third-order valence-corrected chi connectivity index (χ3v) is 2.64. The summed E-state index contributed by atoms with van der Waals surface area (Å²) < 4.78 is 18.8. The topological polar surface area (TPSA) is 71.1 Å². The number of ether oxygens (including phenoxy) is 1. The quantitative estimate of drug-likeness (QED) is 0.349. The Hall–Kier alpha value is -1.82. The number of oxime groups is 1. The molecule has 0 unspecified atom stereocenters. The van der Waals surface area contributed by atoms with Crippen LogP contribution in [0.5, 0.6) is 0 Å². The second-order valence-corrected chi connectivity index (χ2v) is 3.69. The summed E-state index contributed by atoms with van der Waals surface area (Å²) >= 11 is 0. The van der Waals surface area contributed by atoms with E-state index in [0.717, 1.165) is 0 Å². The van der Waals surface area contributed by atoms with E-state index in [2.05, 4.69) is 5.16 Å². The summed E-state index contributed by atoms with van der Waals surface area (Å²) in [4.78, 5) is 1.90. The average Bonchev–Trinajstić information content (AvgIpc) is 2.39. The number of nitrogens with two attached hydrogens (primary N) is 1. The van der Waals surface area contributed by atoms with Gasteiger partial charge in [-0.25, -0.2) is 4.39 Å². The van der Waals surface area contributed by atoms with E-state index in [1.165, 1.54) is 6.07 Å². The zero-order valence-corrected chi connectivity index (χ0v) is 10.6. The van der Waals surface area contributed by atoms with Gasteiger partial charge < -0.3 is 20.6 Å². The van der Waals surface area contributed by atoms with Crippen LogP contribution in [0.25, 0.3) is 0 Å². The molecular formula is C12H18FN3O2. The average molecular weight is 255 g/mol. The van der Waals surface area contributed by atoms with Crippen LogP contribution in [0.4, 0.5) is 10.1 Å². The fourth-order valence-electron chi connectivity index (χ4n) is 1.73. The van der Waals surface area contributed by atoms with Crippen LogP contribution in [0.2, 0.25) is 0 Å². The fourth-order valence-corrected chi connectivity index (χ4v) is 1.73. The standard InChI is InChI=1S/C12H18FN3O2/c1-3-16(7-8-18-2)10-6-4-5-9(13)11(10)12(14)15-17/h4-6,17H,3,7-8H2,1-2H3,(H2,14,15). The van der Waals surface area contributed by atoms with Crippen molar-refractivity contribution in [1.29, 1.82) is 0 Å². The van der Waals surface area contributed by atoms with Crippen molar-refractivity contribution in [3.63, 3.8) is 0 Å². The smallest absolute Gasteiger partial charge is 0.175 e. The minimum absolute atomic E-state index is 0.109. The highest BCUT2D eigenvalue weighted by Crippen LogP contribution is 2.23. The maximum absolute atomic E-state index is 13.8. The first-order valence-electron chi connectivity index (χ1n) is 5.66. The van der Waals surface area contributed by atoms with Gasteiger partial charge in [0.2, 0.25) is 0 Å². The van der Waals surface area contributed by atoms with Crippen LogP contribution < -0.4 is 10.6 Å². The lowest BCUT2D eigenvalue weighted by Crippen LogP contribution is -2.30. The summed E-state index contributed by atoms with van der Waals surface area (Å²) in [5.41, 5.74) is 6.22. The Labute approximate surface area is 106 Å². The lowest BCUT2D eigenvalue weighted by molar-refractivity contribution is 0.205. The minimum atomic E-state index is -0.515. The van der Waals surface area contributed by atoms with Crippen molar-refractivity contribution in [3.8, 4) is 0 Å².